The van der Waals surface area contributed by atoms with Crippen LogP contribution >= 0.6 is 39.4 Å². The molecule has 0 aliphatic heterocycles. The number of anilines is 3. The van der Waals surface area contributed by atoms with Crippen molar-refractivity contribution >= 4 is 67.4 Å². The maximum atomic E-state index is 14.2. The number of fused-ring (bicyclic) bond motifs is 1. The number of aromatic nitrogens is 1. The summed E-state index contributed by atoms with van der Waals surface area (Å²) in [6.45, 7) is 24.3. The number of hydrogen-bond acceptors (Lipinski definition) is 11. The molecule has 0 saturated heterocycles. The van der Waals surface area contributed by atoms with Gasteiger partial charge in [-0.1, -0.05) is 79.1 Å². The van der Waals surface area contributed by atoms with Gasteiger partial charge in [0, 0.05) is 86.4 Å². The molecule has 19 heteroatoms. The standard InChI is InChI=1S/2C23H37FN2O3.2C2H3N.2ClH.Cu.HI.Pd/c1-5-7-9-28-15-18(27)14-26-21-13-19(24)20(25)11-17(21)12-22(26)23(3,4)16-29-10-8-6-2;1-5-7-11-28-16-19(27)15-26-22-14-20(24)21(25)13-18(22)9-10-23(3,4)17-29-12-8-6-2;2*1-2-3;;;;;/h11-13,18,27H,5-10,14-16,25H2,1-4H3;13-14,19,26-27H,5-8,11-12,15-17,25H2,1-4H3;2*1H3;2*1H;;1H;/q;;;;;;+1;;+2/p-3/t18-;19-;;;;;;;/m11......./s1. The quantitative estimate of drug-likeness (QED) is 0.0169. The fourth-order valence-corrected chi connectivity index (χ4v) is 5.87. The van der Waals surface area contributed by atoms with Gasteiger partial charge in [0.15, 0.2) is 0 Å². The third-order valence-electron chi connectivity index (χ3n) is 9.42. The number of unbranched alkanes of at least 4 members (excludes halogenated alkanes) is 4. The van der Waals surface area contributed by atoms with Crippen molar-refractivity contribution in [2.45, 2.75) is 145 Å². The van der Waals surface area contributed by atoms with E-state index in [9.17, 15) is 19.0 Å². The van der Waals surface area contributed by atoms with Crippen LogP contribution in [0.1, 0.15) is 132 Å². The van der Waals surface area contributed by atoms with Crippen LogP contribution in [-0.2, 0) is 59.6 Å². The molecule has 2 atom stereocenters. The molecule has 7 N–H and O–H groups in total. The Kier molecular flexibility index (Phi) is 46.2. The minimum absolute atomic E-state index is 0.0419. The van der Waals surface area contributed by atoms with Gasteiger partial charge < -0.3 is 50.5 Å². The Morgan fingerprint density at radius 2 is 1.19 bits per heavy atom. The van der Waals surface area contributed by atoms with Gasteiger partial charge in [0.1, 0.15) is 11.6 Å². The molecule has 1 aromatic heterocycles. The zero-order valence-corrected chi connectivity index (χ0v) is 48.5. The monoisotopic (exact) mass is 1260 g/mol. The van der Waals surface area contributed by atoms with Crippen LogP contribution in [-0.4, -0.2) is 86.4 Å². The molecular weight excluding hydrogens is 1190 g/mol. The van der Waals surface area contributed by atoms with Crippen molar-refractivity contribution < 1.29 is 66.6 Å². The van der Waals surface area contributed by atoms with Crippen molar-refractivity contribution in [1.82, 2.24) is 4.57 Å². The Morgan fingerprint density at radius 1 is 0.754 bits per heavy atom. The van der Waals surface area contributed by atoms with E-state index in [-0.39, 0.29) is 57.9 Å². The number of nitrogens with two attached hydrogens (primary N) is 2. The molecule has 0 fully saturated rings. The molecule has 2 aromatic carbocycles. The summed E-state index contributed by atoms with van der Waals surface area (Å²) in [5.41, 5.74) is 13.8. The number of aliphatic hydroxyl groups excluding tert-OH is 2. The Balaban J connectivity index is -0.00000104. The van der Waals surface area contributed by atoms with Gasteiger partial charge in [-0.15, -0.1) is 0 Å². The van der Waals surface area contributed by atoms with Crippen molar-refractivity contribution in [2.75, 3.05) is 76.2 Å². The summed E-state index contributed by atoms with van der Waals surface area (Å²) in [7, 11) is 9.63. The van der Waals surface area contributed by atoms with E-state index in [1.54, 1.807) is 38.5 Å². The van der Waals surface area contributed by atoms with E-state index < -0.39 is 23.8 Å². The number of aliphatic hydroxyl groups is 2. The van der Waals surface area contributed by atoms with Crippen molar-refractivity contribution in [3.63, 3.8) is 0 Å². The third kappa shape index (κ3) is 34.2. The first kappa shape index (κ1) is 71.3. The number of hydrogen-bond donors (Lipinski definition) is 5. The number of rotatable bonds is 26. The maximum absolute atomic E-state index is 14.2. The SMILES string of the molecule is CC#N.CC#N.CCCCOC[C@H](O)CNc1cc(F)c(N)cc1C#CC(C)(C)COCCCC.CCCCOC[C@H](O)Cn1c(C(C)(C)COCCCC)cc2cc(N)c(F)cc21.[Cl][Pd][Cl].[Cu][I]. The Morgan fingerprint density at radius 3 is 1.68 bits per heavy atom. The normalized spacial score (nSPS) is 11.4. The summed E-state index contributed by atoms with van der Waals surface area (Å²) in [5.74, 6) is 5.32. The van der Waals surface area contributed by atoms with Crippen LogP contribution in [0.25, 0.3) is 10.9 Å². The number of benzene rings is 2. The fourth-order valence-electron chi connectivity index (χ4n) is 5.87. The molecule has 402 valence electrons. The second kappa shape index (κ2) is 44.7. The number of halogens is 5. The second-order valence-electron chi connectivity index (χ2n) is 16.9. The summed E-state index contributed by atoms with van der Waals surface area (Å²) in [6, 6.07) is 11.5. The molecule has 3 rings (SSSR count). The topological polar surface area (TPSA) is 194 Å². The van der Waals surface area contributed by atoms with Crippen LogP contribution in [0.2, 0.25) is 0 Å². The Labute approximate surface area is 449 Å². The van der Waals surface area contributed by atoms with Crippen LogP contribution in [0.3, 0.4) is 0 Å². The predicted octanol–water partition coefficient (Wildman–Crippen LogP) is 12.1. The average Bonchev–Trinajstić information content (AvgIpc) is 3.65. The Hall–Kier alpha value is -1.97. The van der Waals surface area contributed by atoms with Gasteiger partial charge in [-0.3, -0.25) is 0 Å². The van der Waals surface area contributed by atoms with Gasteiger partial charge in [0.25, 0.3) is 0 Å². The van der Waals surface area contributed by atoms with Crippen molar-refractivity contribution in [3.05, 3.63) is 53.2 Å². The predicted molar refractivity (Wildman–Crippen MR) is 283 cm³/mol. The summed E-state index contributed by atoms with van der Waals surface area (Å²) >= 11 is 5.76. The Bertz CT molecular complexity index is 1920. The molecule has 69 heavy (non-hydrogen) atoms. The second-order valence-corrected chi connectivity index (χ2v) is 19.2. The molecule has 0 radical (unpaired) electrons. The number of nitrogens with one attached hydrogen (secondary N) is 1. The number of nitriles is 2. The van der Waals surface area contributed by atoms with Crippen molar-refractivity contribution in [3.8, 4) is 24.0 Å². The van der Waals surface area contributed by atoms with E-state index in [4.69, 9.17) is 60.0 Å². The molecule has 0 aliphatic rings. The molecule has 0 amide bonds. The molecule has 0 aliphatic carbocycles. The summed E-state index contributed by atoms with van der Waals surface area (Å²) < 4.78 is 52.7. The van der Waals surface area contributed by atoms with E-state index >= 15 is 0 Å². The van der Waals surface area contributed by atoms with Crippen LogP contribution in [0.15, 0.2) is 30.3 Å². The van der Waals surface area contributed by atoms with Gasteiger partial charge in [-0.05, 0) is 57.7 Å². The van der Waals surface area contributed by atoms with Crippen LogP contribution in [0.5, 0.6) is 0 Å². The van der Waals surface area contributed by atoms with Gasteiger partial charge >= 0.3 is 68.1 Å². The van der Waals surface area contributed by atoms with Crippen LogP contribution in [0.4, 0.5) is 25.8 Å². The van der Waals surface area contributed by atoms with Gasteiger partial charge in [-0.25, -0.2) is 8.78 Å². The molecule has 3 aromatic rings. The van der Waals surface area contributed by atoms with E-state index in [1.165, 1.54) is 32.0 Å². The summed E-state index contributed by atoms with van der Waals surface area (Å²) in [4.78, 5) is 0. The zero-order valence-electron chi connectivity index (χ0n) is 42.3. The van der Waals surface area contributed by atoms with Gasteiger partial charge in [0.2, 0.25) is 0 Å². The molecule has 0 bridgehead atoms. The number of nitrogen functional groups attached to an aromatic ring is 2. The van der Waals surface area contributed by atoms with Crippen molar-refractivity contribution in [1.29, 1.82) is 10.5 Å². The zero-order chi connectivity index (χ0) is 53.3. The van der Waals surface area contributed by atoms with Gasteiger partial charge in [-0.2, -0.15) is 10.5 Å². The summed E-state index contributed by atoms with van der Waals surface area (Å²) in [5, 5.41) is 39.2. The summed E-state index contributed by atoms with van der Waals surface area (Å²) in [6.07, 6.45) is 6.87. The molecule has 0 saturated carbocycles. The van der Waals surface area contributed by atoms with E-state index in [1.807, 2.05) is 24.5 Å². The minimum atomic E-state index is -0.698. The molecule has 12 nitrogen and oxygen atoms in total. The first-order chi connectivity index (χ1) is 32.8. The third-order valence-corrected chi connectivity index (χ3v) is 9.42. The van der Waals surface area contributed by atoms with E-state index in [0.717, 1.165) is 81.2 Å². The number of nitrogens with zero attached hydrogens (tertiary/aromatic N) is 3. The molecule has 1 heterocycles. The molecule has 0 unspecified atom stereocenters. The van der Waals surface area contributed by atoms with Crippen LogP contribution in [0, 0.1) is 51.6 Å². The molecular formula is C50H80Cl2CuF2IN6O6Pd. The van der Waals surface area contributed by atoms with E-state index in [0.29, 0.717) is 44.2 Å². The van der Waals surface area contributed by atoms with Crippen LogP contribution < -0.4 is 16.8 Å². The van der Waals surface area contributed by atoms with Crippen molar-refractivity contribution in [2.24, 2.45) is 5.41 Å². The fraction of sp³-hybridized carbons (Fsp3) is 0.640. The van der Waals surface area contributed by atoms with E-state index in [2.05, 4.69) is 71.5 Å². The number of ether oxygens (including phenoxy) is 4. The van der Waals surface area contributed by atoms with Gasteiger partial charge in [0.05, 0.1) is 79.9 Å². The average molecular weight is 1270 g/mol. The first-order valence-electron chi connectivity index (χ1n) is 23.0. The first-order valence-corrected chi connectivity index (χ1v) is 30.0. The molecule has 0 spiro atoms.